The van der Waals surface area contributed by atoms with Crippen molar-refractivity contribution in [2.45, 2.75) is 39.3 Å². The molecule has 2 rings (SSSR count). The summed E-state index contributed by atoms with van der Waals surface area (Å²) in [6.07, 6.45) is -1.25. The number of ether oxygens (including phenoxy) is 1. The van der Waals surface area contributed by atoms with Gasteiger partial charge in [-0.05, 0) is 45.4 Å². The van der Waals surface area contributed by atoms with Gasteiger partial charge in [-0.15, -0.1) is 0 Å². The Hall–Kier alpha value is -1.92. The first-order valence-corrected chi connectivity index (χ1v) is 8.30. The normalized spacial score (nSPS) is 12.6. The number of anilines is 1. The standard InChI is InChI=1S/C17H18Cl2FN3O2/c1-10(11-5-7-12(20)8-6-11)25-16(24)23(17(2,3)4)15-21-13(18)9-14(19)22-15/h5-10H,1-4H3/t10-/m0/s1. The monoisotopic (exact) mass is 385 g/mol. The summed E-state index contributed by atoms with van der Waals surface area (Å²) in [6.45, 7) is 7.09. The Morgan fingerprint density at radius 3 is 2.16 bits per heavy atom. The maximum atomic E-state index is 13.0. The molecule has 5 nitrogen and oxygen atoms in total. The topological polar surface area (TPSA) is 55.3 Å². The molecule has 0 N–H and O–H groups in total. The van der Waals surface area contributed by atoms with Gasteiger partial charge in [0.15, 0.2) is 0 Å². The van der Waals surface area contributed by atoms with Crippen LogP contribution < -0.4 is 4.90 Å². The zero-order chi connectivity index (χ0) is 18.8. The number of aromatic nitrogens is 2. The summed E-state index contributed by atoms with van der Waals surface area (Å²) in [7, 11) is 0. The number of halogens is 3. The molecule has 0 saturated heterocycles. The lowest BCUT2D eigenvalue weighted by molar-refractivity contribution is 0.109. The highest BCUT2D eigenvalue weighted by Gasteiger charge is 2.33. The van der Waals surface area contributed by atoms with Crippen LogP contribution in [0.1, 0.15) is 39.4 Å². The van der Waals surface area contributed by atoms with Gasteiger partial charge in [-0.25, -0.2) is 24.1 Å². The summed E-state index contributed by atoms with van der Waals surface area (Å²) in [5, 5.41) is 0.229. The minimum atomic E-state index is -0.687. The van der Waals surface area contributed by atoms with Gasteiger partial charge in [-0.2, -0.15) is 0 Å². The van der Waals surface area contributed by atoms with Crippen LogP contribution in [0.3, 0.4) is 0 Å². The average molecular weight is 386 g/mol. The Morgan fingerprint density at radius 1 is 1.16 bits per heavy atom. The Kier molecular flexibility index (Phi) is 5.85. The molecule has 8 heteroatoms. The van der Waals surface area contributed by atoms with Gasteiger partial charge in [0.05, 0.1) is 0 Å². The summed E-state index contributed by atoms with van der Waals surface area (Å²) in [5.41, 5.74) is -0.0261. The van der Waals surface area contributed by atoms with E-state index in [1.54, 1.807) is 39.8 Å². The van der Waals surface area contributed by atoms with Crippen molar-refractivity contribution in [2.75, 3.05) is 4.90 Å². The Balaban J connectivity index is 2.28. The summed E-state index contributed by atoms with van der Waals surface area (Å²) in [5.74, 6) is -0.318. The van der Waals surface area contributed by atoms with E-state index in [0.29, 0.717) is 5.56 Å². The molecule has 0 aliphatic rings. The largest absolute Gasteiger partial charge is 0.441 e. The van der Waals surface area contributed by atoms with Gasteiger partial charge < -0.3 is 4.74 Å². The Morgan fingerprint density at radius 2 is 1.68 bits per heavy atom. The molecular weight excluding hydrogens is 368 g/mol. The van der Waals surface area contributed by atoms with Crippen LogP contribution in [0.2, 0.25) is 10.3 Å². The number of amides is 1. The molecule has 0 aliphatic carbocycles. The second kappa shape index (κ2) is 7.54. The molecule has 1 amide bonds. The molecule has 25 heavy (non-hydrogen) atoms. The van der Waals surface area contributed by atoms with Crippen LogP contribution in [-0.2, 0) is 4.74 Å². The van der Waals surface area contributed by atoms with E-state index in [9.17, 15) is 9.18 Å². The van der Waals surface area contributed by atoms with E-state index in [4.69, 9.17) is 27.9 Å². The Bertz CT molecular complexity index is 743. The van der Waals surface area contributed by atoms with Crippen molar-refractivity contribution in [3.63, 3.8) is 0 Å². The van der Waals surface area contributed by atoms with Gasteiger partial charge in [0.25, 0.3) is 0 Å². The maximum Gasteiger partial charge on any atom is 0.417 e. The van der Waals surface area contributed by atoms with Crippen LogP contribution in [0, 0.1) is 5.82 Å². The molecule has 1 aromatic heterocycles. The van der Waals surface area contributed by atoms with Crippen molar-refractivity contribution in [1.29, 1.82) is 0 Å². The molecule has 0 unspecified atom stereocenters. The fraction of sp³-hybridized carbons (Fsp3) is 0.353. The molecule has 0 radical (unpaired) electrons. The van der Waals surface area contributed by atoms with Crippen LogP contribution in [0.15, 0.2) is 30.3 Å². The van der Waals surface area contributed by atoms with Crippen LogP contribution in [-0.4, -0.2) is 21.6 Å². The van der Waals surface area contributed by atoms with E-state index >= 15 is 0 Å². The van der Waals surface area contributed by atoms with Crippen molar-refractivity contribution in [1.82, 2.24) is 9.97 Å². The minimum Gasteiger partial charge on any atom is -0.441 e. The Labute approximate surface area is 155 Å². The second-order valence-corrected chi connectivity index (χ2v) is 7.17. The first-order valence-electron chi connectivity index (χ1n) is 7.54. The van der Waals surface area contributed by atoms with E-state index in [2.05, 4.69) is 9.97 Å². The second-order valence-electron chi connectivity index (χ2n) is 6.40. The van der Waals surface area contributed by atoms with Gasteiger partial charge in [0, 0.05) is 11.6 Å². The van der Waals surface area contributed by atoms with Gasteiger partial charge in [0.2, 0.25) is 5.95 Å². The van der Waals surface area contributed by atoms with Gasteiger partial charge in [0.1, 0.15) is 22.2 Å². The lowest BCUT2D eigenvalue weighted by Crippen LogP contribution is -2.47. The highest BCUT2D eigenvalue weighted by molar-refractivity contribution is 6.33. The molecule has 2 aromatic rings. The average Bonchev–Trinajstić information content (AvgIpc) is 2.45. The predicted octanol–water partition coefficient (Wildman–Crippen LogP) is 5.43. The summed E-state index contributed by atoms with van der Waals surface area (Å²) in [4.78, 5) is 22.1. The van der Waals surface area contributed by atoms with E-state index < -0.39 is 17.7 Å². The molecule has 0 spiro atoms. The number of carbonyl (C=O) groups is 1. The fourth-order valence-electron chi connectivity index (χ4n) is 2.14. The molecule has 0 fully saturated rings. The van der Waals surface area contributed by atoms with E-state index in [-0.39, 0.29) is 22.1 Å². The highest BCUT2D eigenvalue weighted by Crippen LogP contribution is 2.27. The van der Waals surface area contributed by atoms with Crippen LogP contribution in [0.4, 0.5) is 15.1 Å². The SMILES string of the molecule is C[C@H](OC(=O)N(c1nc(Cl)cc(Cl)n1)C(C)(C)C)c1ccc(F)cc1. The van der Waals surface area contributed by atoms with E-state index in [1.165, 1.54) is 23.1 Å². The maximum absolute atomic E-state index is 13.0. The molecule has 1 aromatic carbocycles. The fourth-order valence-corrected chi connectivity index (χ4v) is 2.55. The first-order chi connectivity index (χ1) is 11.6. The van der Waals surface area contributed by atoms with E-state index in [1.807, 2.05) is 0 Å². The summed E-state index contributed by atoms with van der Waals surface area (Å²) in [6, 6.07) is 7.10. The van der Waals surface area contributed by atoms with Crippen molar-refractivity contribution in [3.05, 3.63) is 52.0 Å². The smallest absolute Gasteiger partial charge is 0.417 e. The minimum absolute atomic E-state index is 0.0429. The molecular formula is C17H18Cl2FN3O2. The molecule has 1 atom stereocenters. The number of rotatable bonds is 3. The quantitative estimate of drug-likeness (QED) is 0.661. The third-order valence-corrected chi connectivity index (χ3v) is 3.71. The highest BCUT2D eigenvalue weighted by atomic mass is 35.5. The zero-order valence-corrected chi connectivity index (χ0v) is 15.8. The zero-order valence-electron chi connectivity index (χ0n) is 14.3. The summed E-state index contributed by atoms with van der Waals surface area (Å²) < 4.78 is 18.5. The lowest BCUT2D eigenvalue weighted by atomic mass is 10.1. The van der Waals surface area contributed by atoms with Gasteiger partial charge >= 0.3 is 6.09 Å². The predicted molar refractivity (Wildman–Crippen MR) is 95.6 cm³/mol. The van der Waals surface area contributed by atoms with Gasteiger partial charge in [-0.1, -0.05) is 35.3 Å². The van der Waals surface area contributed by atoms with Crippen molar-refractivity contribution in [3.8, 4) is 0 Å². The number of benzene rings is 1. The molecule has 0 aliphatic heterocycles. The number of hydrogen-bond donors (Lipinski definition) is 0. The van der Waals surface area contributed by atoms with Gasteiger partial charge in [-0.3, -0.25) is 0 Å². The first kappa shape index (κ1) is 19.4. The number of carbonyl (C=O) groups excluding carboxylic acids is 1. The molecule has 134 valence electrons. The van der Waals surface area contributed by atoms with Crippen LogP contribution in [0.25, 0.3) is 0 Å². The van der Waals surface area contributed by atoms with Crippen molar-refractivity contribution < 1.29 is 13.9 Å². The van der Waals surface area contributed by atoms with Crippen LogP contribution in [0.5, 0.6) is 0 Å². The molecule has 1 heterocycles. The molecule has 0 saturated carbocycles. The molecule has 0 bridgehead atoms. The van der Waals surface area contributed by atoms with Crippen LogP contribution >= 0.6 is 23.2 Å². The van der Waals surface area contributed by atoms with Crippen molar-refractivity contribution >= 4 is 35.2 Å². The van der Waals surface area contributed by atoms with Crippen molar-refractivity contribution in [2.24, 2.45) is 0 Å². The van der Waals surface area contributed by atoms with E-state index in [0.717, 1.165) is 0 Å². The lowest BCUT2D eigenvalue weighted by Gasteiger charge is -2.33. The summed E-state index contributed by atoms with van der Waals surface area (Å²) >= 11 is 11.8. The third kappa shape index (κ3) is 5.03. The number of hydrogen-bond acceptors (Lipinski definition) is 4. The number of nitrogens with zero attached hydrogens (tertiary/aromatic N) is 3. The third-order valence-electron chi connectivity index (χ3n) is 3.32.